The first-order chi connectivity index (χ1) is 9.65. The van der Waals surface area contributed by atoms with Gasteiger partial charge in [0.1, 0.15) is 0 Å². The molecule has 0 aromatic rings. The number of nitrogens with one attached hydrogen (secondary N) is 1. The van der Waals surface area contributed by atoms with Gasteiger partial charge in [-0.1, -0.05) is 13.8 Å². The van der Waals surface area contributed by atoms with E-state index in [4.69, 9.17) is 0 Å². The van der Waals surface area contributed by atoms with Crippen LogP contribution in [0.15, 0.2) is 0 Å². The molecule has 0 aromatic heterocycles. The maximum Gasteiger partial charge on any atom is 0.0110 e. The van der Waals surface area contributed by atoms with Crippen LogP contribution < -0.4 is 5.32 Å². The molecule has 0 spiro atoms. The Morgan fingerprint density at radius 2 is 1.50 bits per heavy atom. The third kappa shape index (κ3) is 3.98. The van der Waals surface area contributed by atoms with E-state index in [0.29, 0.717) is 0 Å². The van der Waals surface area contributed by atoms with E-state index in [0.717, 1.165) is 35.6 Å². The van der Waals surface area contributed by atoms with E-state index in [1.807, 2.05) is 0 Å². The molecule has 2 heteroatoms. The van der Waals surface area contributed by atoms with Gasteiger partial charge < -0.3 is 10.2 Å². The highest BCUT2D eigenvalue weighted by Crippen LogP contribution is 2.37. The molecule has 20 heavy (non-hydrogen) atoms. The van der Waals surface area contributed by atoms with Crippen molar-refractivity contribution in [1.29, 1.82) is 0 Å². The number of rotatable bonds is 7. The Kier molecular flexibility index (Phi) is 4.72. The largest absolute Gasteiger partial charge is 0.317 e. The summed E-state index contributed by atoms with van der Waals surface area (Å²) >= 11 is 0. The van der Waals surface area contributed by atoms with Gasteiger partial charge in [-0.05, 0) is 75.2 Å². The van der Waals surface area contributed by atoms with Crippen molar-refractivity contribution in [3.8, 4) is 0 Å². The Morgan fingerprint density at radius 1 is 0.900 bits per heavy atom. The van der Waals surface area contributed by atoms with Crippen molar-refractivity contribution in [2.45, 2.75) is 58.4 Å². The van der Waals surface area contributed by atoms with Gasteiger partial charge in [0.2, 0.25) is 0 Å². The maximum atomic E-state index is 3.63. The molecular formula is C18H34N2. The fourth-order valence-corrected chi connectivity index (χ4v) is 4.40. The average Bonchev–Trinajstić information content (AvgIpc) is 3.28. The summed E-state index contributed by atoms with van der Waals surface area (Å²) < 4.78 is 0. The minimum Gasteiger partial charge on any atom is -0.317 e. The smallest absolute Gasteiger partial charge is 0.0110 e. The first kappa shape index (κ1) is 14.8. The second kappa shape index (κ2) is 6.36. The Morgan fingerprint density at radius 3 is 2.00 bits per heavy atom. The highest BCUT2D eigenvalue weighted by Gasteiger charge is 2.36. The van der Waals surface area contributed by atoms with Gasteiger partial charge >= 0.3 is 0 Å². The van der Waals surface area contributed by atoms with E-state index >= 15 is 0 Å². The Hall–Kier alpha value is -0.0800. The molecule has 2 nitrogen and oxygen atoms in total. The van der Waals surface area contributed by atoms with Crippen LogP contribution in [0, 0.1) is 29.6 Å². The molecule has 3 saturated carbocycles. The van der Waals surface area contributed by atoms with Crippen LogP contribution in [0.2, 0.25) is 0 Å². The molecule has 4 atom stereocenters. The fourth-order valence-electron chi connectivity index (χ4n) is 4.40. The van der Waals surface area contributed by atoms with E-state index < -0.39 is 0 Å². The number of hydrogen-bond donors (Lipinski definition) is 1. The van der Waals surface area contributed by atoms with Crippen molar-refractivity contribution in [2.24, 2.45) is 29.6 Å². The first-order valence-electron chi connectivity index (χ1n) is 9.05. The highest BCUT2D eigenvalue weighted by molar-refractivity contribution is 4.91. The van der Waals surface area contributed by atoms with Crippen molar-refractivity contribution in [1.82, 2.24) is 10.2 Å². The Bertz CT molecular complexity index is 295. The van der Waals surface area contributed by atoms with Crippen LogP contribution >= 0.6 is 0 Å². The Labute approximate surface area is 125 Å². The summed E-state index contributed by atoms with van der Waals surface area (Å²) in [7, 11) is 2.18. The molecule has 0 aliphatic heterocycles. The molecule has 0 aromatic carbocycles. The van der Waals surface area contributed by atoms with E-state index in [-0.39, 0.29) is 0 Å². The zero-order chi connectivity index (χ0) is 14.1. The molecule has 116 valence electrons. The van der Waals surface area contributed by atoms with Crippen molar-refractivity contribution in [2.75, 3.05) is 26.7 Å². The number of hydrogen-bond acceptors (Lipinski definition) is 2. The van der Waals surface area contributed by atoms with Crippen molar-refractivity contribution >= 4 is 0 Å². The average molecular weight is 278 g/mol. The van der Waals surface area contributed by atoms with Gasteiger partial charge in [0.05, 0.1) is 0 Å². The van der Waals surface area contributed by atoms with Gasteiger partial charge in [-0.25, -0.2) is 0 Å². The molecular weight excluding hydrogens is 244 g/mol. The summed E-state index contributed by atoms with van der Waals surface area (Å²) in [6.45, 7) is 9.07. The van der Waals surface area contributed by atoms with Gasteiger partial charge in [-0.2, -0.15) is 0 Å². The standard InChI is InChI=1S/C18H34N2/c1-13-8-14(2)17(18(9-13)19-3)12-20(10-15-4-5-15)11-16-6-7-16/h13-19H,4-12H2,1-3H3. The summed E-state index contributed by atoms with van der Waals surface area (Å²) in [5, 5.41) is 3.63. The summed E-state index contributed by atoms with van der Waals surface area (Å²) in [5.74, 6) is 4.74. The van der Waals surface area contributed by atoms with E-state index in [2.05, 4.69) is 31.1 Å². The van der Waals surface area contributed by atoms with Crippen LogP contribution in [0.1, 0.15) is 52.4 Å². The van der Waals surface area contributed by atoms with Gasteiger partial charge in [0.25, 0.3) is 0 Å². The van der Waals surface area contributed by atoms with Crippen molar-refractivity contribution < 1.29 is 0 Å². The second-order valence-electron chi connectivity index (χ2n) is 8.22. The second-order valence-corrected chi connectivity index (χ2v) is 8.22. The lowest BCUT2D eigenvalue weighted by Crippen LogP contribution is -2.48. The predicted octanol–water partition coefficient (Wildman–Crippen LogP) is 3.38. The van der Waals surface area contributed by atoms with E-state index in [1.165, 1.54) is 58.2 Å². The van der Waals surface area contributed by atoms with Crippen LogP contribution in [0.3, 0.4) is 0 Å². The van der Waals surface area contributed by atoms with Crippen LogP contribution in [-0.2, 0) is 0 Å². The molecule has 4 unspecified atom stereocenters. The lowest BCUT2D eigenvalue weighted by Gasteiger charge is -2.42. The molecule has 0 amide bonds. The molecule has 0 radical (unpaired) electrons. The summed E-state index contributed by atoms with van der Waals surface area (Å²) in [6, 6.07) is 0.745. The lowest BCUT2D eigenvalue weighted by molar-refractivity contribution is 0.0996. The van der Waals surface area contributed by atoms with Crippen molar-refractivity contribution in [3.63, 3.8) is 0 Å². The molecule has 1 N–H and O–H groups in total. The summed E-state index contributed by atoms with van der Waals surface area (Å²) in [6.07, 6.45) is 8.79. The predicted molar refractivity (Wildman–Crippen MR) is 85.8 cm³/mol. The lowest BCUT2D eigenvalue weighted by atomic mass is 9.72. The molecule has 0 heterocycles. The first-order valence-corrected chi connectivity index (χ1v) is 9.05. The minimum absolute atomic E-state index is 0.745. The normalized spacial score (nSPS) is 38.4. The van der Waals surface area contributed by atoms with Gasteiger partial charge in [-0.15, -0.1) is 0 Å². The van der Waals surface area contributed by atoms with Crippen LogP contribution in [0.5, 0.6) is 0 Å². The third-order valence-electron chi connectivity index (χ3n) is 5.94. The monoisotopic (exact) mass is 278 g/mol. The zero-order valence-corrected chi connectivity index (χ0v) is 13.8. The third-order valence-corrected chi connectivity index (χ3v) is 5.94. The van der Waals surface area contributed by atoms with Crippen LogP contribution in [0.25, 0.3) is 0 Å². The zero-order valence-electron chi connectivity index (χ0n) is 13.8. The maximum absolute atomic E-state index is 3.63. The quantitative estimate of drug-likeness (QED) is 0.768. The van der Waals surface area contributed by atoms with Crippen molar-refractivity contribution in [3.05, 3.63) is 0 Å². The van der Waals surface area contributed by atoms with Gasteiger partial charge in [-0.3, -0.25) is 0 Å². The van der Waals surface area contributed by atoms with Gasteiger partial charge in [0, 0.05) is 25.7 Å². The molecule has 3 rings (SSSR count). The summed E-state index contributed by atoms with van der Waals surface area (Å²) in [5.41, 5.74) is 0. The summed E-state index contributed by atoms with van der Waals surface area (Å²) in [4.78, 5) is 2.84. The van der Waals surface area contributed by atoms with Crippen LogP contribution in [-0.4, -0.2) is 37.6 Å². The molecule has 3 aliphatic rings. The van der Waals surface area contributed by atoms with E-state index in [1.54, 1.807) is 0 Å². The minimum atomic E-state index is 0.745. The van der Waals surface area contributed by atoms with Crippen LogP contribution in [0.4, 0.5) is 0 Å². The topological polar surface area (TPSA) is 15.3 Å². The highest BCUT2D eigenvalue weighted by atomic mass is 15.1. The molecule has 0 bridgehead atoms. The van der Waals surface area contributed by atoms with Gasteiger partial charge in [0.15, 0.2) is 0 Å². The van der Waals surface area contributed by atoms with E-state index in [9.17, 15) is 0 Å². The number of nitrogens with zero attached hydrogens (tertiary/aromatic N) is 1. The molecule has 0 saturated heterocycles. The Balaban J connectivity index is 1.58. The molecule has 3 aliphatic carbocycles. The molecule has 3 fully saturated rings. The SMILES string of the molecule is CNC1CC(C)CC(C)C1CN(CC1CC1)CC1CC1. The fraction of sp³-hybridized carbons (Fsp3) is 1.00.